The molecule has 5 nitrogen and oxygen atoms in total. The molecule has 0 aliphatic carbocycles. The van der Waals surface area contributed by atoms with Crippen LogP contribution < -0.4 is 4.74 Å². The van der Waals surface area contributed by atoms with Crippen LogP contribution in [0, 0.1) is 6.92 Å². The van der Waals surface area contributed by atoms with Gasteiger partial charge in [-0.1, -0.05) is 0 Å². The summed E-state index contributed by atoms with van der Waals surface area (Å²) in [6.45, 7) is 1.99. The highest BCUT2D eigenvalue weighted by molar-refractivity contribution is 7.14. The van der Waals surface area contributed by atoms with Crippen molar-refractivity contribution in [1.29, 1.82) is 0 Å². The molecule has 1 aliphatic heterocycles. The zero-order valence-electron chi connectivity index (χ0n) is 11.5. The van der Waals surface area contributed by atoms with Crippen molar-refractivity contribution >= 4 is 29.3 Å². The second kappa shape index (κ2) is 5.49. The van der Waals surface area contributed by atoms with Gasteiger partial charge in [0, 0.05) is 11.1 Å². The van der Waals surface area contributed by atoms with E-state index in [1.165, 1.54) is 11.3 Å². The van der Waals surface area contributed by atoms with E-state index in [0.717, 1.165) is 15.3 Å². The molecule has 106 valence electrons. The van der Waals surface area contributed by atoms with Crippen molar-refractivity contribution in [2.45, 2.75) is 6.92 Å². The number of esters is 1. The molecular formula is C15H12N2O3S. The summed E-state index contributed by atoms with van der Waals surface area (Å²) in [7, 11) is 1.56. The minimum Gasteiger partial charge on any atom is -0.495 e. The van der Waals surface area contributed by atoms with Gasteiger partial charge in [-0.25, -0.2) is 9.79 Å². The number of nitrogens with zero attached hydrogens (tertiary/aromatic N) is 2. The lowest BCUT2D eigenvalue weighted by molar-refractivity contribution is -0.129. The van der Waals surface area contributed by atoms with Gasteiger partial charge in [-0.05, 0) is 36.8 Å². The highest BCUT2D eigenvalue weighted by Gasteiger charge is 2.25. The molecule has 0 N–H and O–H groups in total. The molecule has 2 aromatic heterocycles. The summed E-state index contributed by atoms with van der Waals surface area (Å²) in [5.41, 5.74) is 0.986. The first-order valence-corrected chi connectivity index (χ1v) is 7.06. The van der Waals surface area contributed by atoms with Crippen LogP contribution in [0.25, 0.3) is 6.08 Å². The Kier molecular flexibility index (Phi) is 3.53. The summed E-state index contributed by atoms with van der Waals surface area (Å²) >= 11 is 1.53. The van der Waals surface area contributed by atoms with Gasteiger partial charge in [0.1, 0.15) is 5.75 Å². The van der Waals surface area contributed by atoms with Crippen molar-refractivity contribution in [3.8, 4) is 5.75 Å². The minimum absolute atomic E-state index is 0.256. The van der Waals surface area contributed by atoms with Crippen molar-refractivity contribution < 1.29 is 14.3 Å². The monoisotopic (exact) mass is 300 g/mol. The Morgan fingerprint density at radius 3 is 2.90 bits per heavy atom. The largest absolute Gasteiger partial charge is 0.495 e. The standard InChI is InChI=1S/C15H12N2O3S/c1-9-3-4-13(21-9)14-17-12(15(18)20-14)6-10-5-11(19-2)8-16-7-10/h3-8H,1-2H3. The first kappa shape index (κ1) is 13.5. The summed E-state index contributed by atoms with van der Waals surface area (Å²) in [6.07, 6.45) is 4.86. The number of hydrogen-bond acceptors (Lipinski definition) is 6. The number of rotatable bonds is 3. The van der Waals surface area contributed by atoms with Gasteiger partial charge in [0.25, 0.3) is 0 Å². The summed E-state index contributed by atoms with van der Waals surface area (Å²) < 4.78 is 10.3. The Morgan fingerprint density at radius 2 is 2.19 bits per heavy atom. The molecule has 21 heavy (non-hydrogen) atoms. The lowest BCUT2D eigenvalue weighted by atomic mass is 10.2. The lowest BCUT2D eigenvalue weighted by Crippen LogP contribution is -2.03. The maximum absolute atomic E-state index is 11.9. The SMILES string of the molecule is COc1cncc(C=C2N=C(c3ccc(C)s3)OC2=O)c1. The Hall–Kier alpha value is -2.47. The van der Waals surface area contributed by atoms with Crippen LogP contribution in [-0.4, -0.2) is 24.0 Å². The van der Waals surface area contributed by atoms with Crippen molar-refractivity contribution in [3.63, 3.8) is 0 Å². The van der Waals surface area contributed by atoms with Gasteiger partial charge in [0.2, 0.25) is 5.90 Å². The number of ether oxygens (including phenoxy) is 2. The molecule has 0 unspecified atom stereocenters. The van der Waals surface area contributed by atoms with E-state index in [-0.39, 0.29) is 5.70 Å². The molecule has 6 heteroatoms. The van der Waals surface area contributed by atoms with Crippen molar-refractivity contribution in [1.82, 2.24) is 4.98 Å². The maximum Gasteiger partial charge on any atom is 0.363 e. The molecule has 1 aliphatic rings. The second-order valence-corrected chi connectivity index (χ2v) is 5.69. The summed E-state index contributed by atoms with van der Waals surface area (Å²) in [5.74, 6) is 0.507. The first-order chi connectivity index (χ1) is 10.2. The fourth-order valence-corrected chi connectivity index (χ4v) is 2.64. The van der Waals surface area contributed by atoms with Gasteiger partial charge in [-0.3, -0.25) is 4.98 Å². The normalized spacial score (nSPS) is 16.0. The third-order valence-electron chi connectivity index (χ3n) is 2.85. The molecule has 0 atom stereocenters. The fourth-order valence-electron chi connectivity index (χ4n) is 1.85. The van der Waals surface area contributed by atoms with E-state index in [2.05, 4.69) is 9.98 Å². The van der Waals surface area contributed by atoms with Crippen LogP contribution in [0.5, 0.6) is 5.75 Å². The van der Waals surface area contributed by atoms with E-state index in [4.69, 9.17) is 9.47 Å². The molecule has 3 rings (SSSR count). The molecule has 0 amide bonds. The van der Waals surface area contributed by atoms with Crippen LogP contribution >= 0.6 is 11.3 Å². The summed E-state index contributed by atoms with van der Waals surface area (Å²) in [6, 6.07) is 5.63. The molecule has 0 saturated carbocycles. The zero-order chi connectivity index (χ0) is 14.8. The average molecular weight is 300 g/mol. The number of aromatic nitrogens is 1. The Balaban J connectivity index is 1.92. The zero-order valence-corrected chi connectivity index (χ0v) is 12.3. The molecule has 0 saturated heterocycles. The van der Waals surface area contributed by atoms with Gasteiger partial charge in [0.15, 0.2) is 5.70 Å². The number of aryl methyl sites for hydroxylation is 1. The molecule has 0 fully saturated rings. The van der Waals surface area contributed by atoms with Crippen molar-refractivity contribution in [2.75, 3.05) is 7.11 Å². The number of methoxy groups -OCH3 is 1. The second-order valence-electron chi connectivity index (χ2n) is 4.40. The van der Waals surface area contributed by atoms with E-state index < -0.39 is 5.97 Å². The van der Waals surface area contributed by atoms with Gasteiger partial charge in [0.05, 0.1) is 18.2 Å². The van der Waals surface area contributed by atoms with Gasteiger partial charge < -0.3 is 9.47 Å². The van der Waals surface area contributed by atoms with Crippen molar-refractivity contribution in [3.05, 3.63) is 51.6 Å². The smallest absolute Gasteiger partial charge is 0.363 e. The number of carbonyl (C=O) groups is 1. The number of carbonyl (C=O) groups excluding carboxylic acids is 1. The first-order valence-electron chi connectivity index (χ1n) is 6.24. The number of thiophene rings is 1. The predicted molar refractivity (Wildman–Crippen MR) is 80.5 cm³/mol. The molecular weight excluding hydrogens is 288 g/mol. The number of aliphatic imine (C=N–C) groups is 1. The summed E-state index contributed by atoms with van der Waals surface area (Å²) in [5, 5.41) is 0. The minimum atomic E-state index is -0.459. The van der Waals surface area contributed by atoms with Crippen LogP contribution in [-0.2, 0) is 9.53 Å². The van der Waals surface area contributed by atoms with Crippen LogP contribution in [0.4, 0.5) is 0 Å². The van der Waals surface area contributed by atoms with E-state index in [9.17, 15) is 4.79 Å². The van der Waals surface area contributed by atoms with E-state index >= 15 is 0 Å². The van der Waals surface area contributed by atoms with Gasteiger partial charge >= 0.3 is 5.97 Å². The van der Waals surface area contributed by atoms with Crippen LogP contribution in [0.15, 0.2) is 41.3 Å². The molecule has 2 aromatic rings. The predicted octanol–water partition coefficient (Wildman–Crippen LogP) is 2.80. The lowest BCUT2D eigenvalue weighted by Gasteiger charge is -1.99. The molecule has 0 aromatic carbocycles. The third-order valence-corrected chi connectivity index (χ3v) is 3.83. The van der Waals surface area contributed by atoms with Crippen LogP contribution in [0.3, 0.4) is 0 Å². The molecule has 0 bridgehead atoms. The van der Waals surface area contributed by atoms with E-state index in [1.807, 2.05) is 19.1 Å². The van der Waals surface area contributed by atoms with Gasteiger partial charge in [-0.2, -0.15) is 0 Å². The molecule has 3 heterocycles. The quantitative estimate of drug-likeness (QED) is 0.646. The Morgan fingerprint density at radius 1 is 1.33 bits per heavy atom. The highest BCUT2D eigenvalue weighted by atomic mass is 32.1. The van der Waals surface area contributed by atoms with Crippen molar-refractivity contribution in [2.24, 2.45) is 4.99 Å². The molecule has 0 spiro atoms. The van der Waals surface area contributed by atoms with E-state index in [0.29, 0.717) is 11.6 Å². The Labute approximate surface area is 125 Å². The Bertz CT molecular complexity index is 762. The summed E-state index contributed by atoms with van der Waals surface area (Å²) in [4.78, 5) is 22.1. The van der Waals surface area contributed by atoms with Crippen LogP contribution in [0.2, 0.25) is 0 Å². The topological polar surface area (TPSA) is 60.8 Å². The highest BCUT2D eigenvalue weighted by Crippen LogP contribution is 2.24. The third kappa shape index (κ3) is 2.85. The van der Waals surface area contributed by atoms with E-state index in [1.54, 1.807) is 31.6 Å². The average Bonchev–Trinajstić information content (AvgIpc) is 3.06. The number of hydrogen-bond donors (Lipinski definition) is 0. The maximum atomic E-state index is 11.9. The number of cyclic esters (lactones) is 1. The number of pyridine rings is 1. The van der Waals surface area contributed by atoms with Crippen LogP contribution in [0.1, 0.15) is 15.3 Å². The fraction of sp³-hybridized carbons (Fsp3) is 0.133. The van der Waals surface area contributed by atoms with Gasteiger partial charge in [-0.15, -0.1) is 11.3 Å². The molecule has 0 radical (unpaired) electrons.